The molecule has 0 heterocycles. The second kappa shape index (κ2) is 10.2. The molecule has 0 spiro atoms. The summed E-state index contributed by atoms with van der Waals surface area (Å²) < 4.78 is 39.0. The van der Waals surface area contributed by atoms with Crippen molar-refractivity contribution in [1.82, 2.24) is 5.32 Å². The molecule has 7 nitrogen and oxygen atoms in total. The van der Waals surface area contributed by atoms with Crippen LogP contribution in [0.15, 0.2) is 42.5 Å². The van der Waals surface area contributed by atoms with Crippen LogP contribution < -0.4 is 5.32 Å². The maximum Gasteiger partial charge on any atom is 0.252 e. The highest BCUT2D eigenvalue weighted by Crippen LogP contribution is 2.37. The van der Waals surface area contributed by atoms with Crippen LogP contribution in [0, 0.1) is 23.0 Å². The van der Waals surface area contributed by atoms with E-state index >= 15 is 0 Å². The molecule has 2 aliphatic rings. The quantitative estimate of drug-likeness (QED) is 0.544. The van der Waals surface area contributed by atoms with Crippen LogP contribution in [-0.2, 0) is 27.5 Å². The van der Waals surface area contributed by atoms with Crippen molar-refractivity contribution in [2.75, 3.05) is 0 Å². The Balaban J connectivity index is 1.55. The van der Waals surface area contributed by atoms with Crippen molar-refractivity contribution in [3.8, 4) is 6.07 Å². The Labute approximate surface area is 195 Å². The number of hydrogen-bond acceptors (Lipinski definition) is 6. The summed E-state index contributed by atoms with van der Waals surface area (Å²) in [6.07, 6.45) is -2.31. The third kappa shape index (κ3) is 5.42. The molecule has 2 aliphatic carbocycles. The molecule has 0 radical (unpaired) electrons. The lowest BCUT2D eigenvalue weighted by Crippen LogP contribution is -2.61. The summed E-state index contributed by atoms with van der Waals surface area (Å²) in [4.78, 5) is 13.3. The van der Waals surface area contributed by atoms with E-state index in [4.69, 9.17) is 9.47 Å². The first kappa shape index (κ1) is 24.2. The number of aliphatic hydroxyl groups excluding tert-OH is 2. The van der Waals surface area contributed by atoms with E-state index in [9.17, 15) is 29.1 Å². The first-order chi connectivity index (χ1) is 16.3. The van der Waals surface area contributed by atoms with Gasteiger partial charge in [0.05, 0.1) is 37.1 Å². The molecule has 0 bridgehead atoms. The Morgan fingerprint density at radius 3 is 2.59 bits per heavy atom. The second-order valence-corrected chi connectivity index (χ2v) is 8.85. The normalized spacial score (nSPS) is 26.6. The van der Waals surface area contributed by atoms with Gasteiger partial charge in [0.25, 0.3) is 5.91 Å². The van der Waals surface area contributed by atoms with Crippen LogP contribution in [0.5, 0.6) is 0 Å². The van der Waals surface area contributed by atoms with Gasteiger partial charge in [-0.25, -0.2) is 8.78 Å². The zero-order chi connectivity index (χ0) is 24.3. The predicted molar refractivity (Wildman–Crippen MR) is 116 cm³/mol. The molecule has 4 rings (SSSR count). The van der Waals surface area contributed by atoms with Gasteiger partial charge in [0.15, 0.2) is 5.60 Å². The number of ether oxygens (including phenoxy) is 2. The van der Waals surface area contributed by atoms with E-state index in [1.807, 2.05) is 0 Å². The fourth-order valence-electron chi connectivity index (χ4n) is 4.11. The fraction of sp³-hybridized carbons (Fsp3) is 0.440. The average Bonchev–Trinajstić information content (AvgIpc) is 3.64. The van der Waals surface area contributed by atoms with Gasteiger partial charge >= 0.3 is 0 Å². The van der Waals surface area contributed by atoms with E-state index in [0.717, 1.165) is 25.0 Å². The second-order valence-electron chi connectivity index (χ2n) is 8.85. The molecule has 180 valence electrons. The van der Waals surface area contributed by atoms with Crippen LogP contribution in [-0.4, -0.2) is 46.1 Å². The lowest BCUT2D eigenvalue weighted by atomic mass is 9.78. The van der Waals surface area contributed by atoms with E-state index in [0.29, 0.717) is 11.1 Å². The van der Waals surface area contributed by atoms with E-state index in [-0.39, 0.29) is 37.7 Å². The Bertz CT molecular complexity index is 1090. The van der Waals surface area contributed by atoms with E-state index in [1.165, 1.54) is 6.07 Å². The lowest BCUT2D eigenvalue weighted by Gasteiger charge is -2.44. The number of rotatable bonds is 8. The van der Waals surface area contributed by atoms with Crippen molar-refractivity contribution in [3.05, 3.63) is 70.8 Å². The molecule has 0 aliphatic heterocycles. The number of carbonyl (C=O) groups excluding carboxylic acids is 1. The first-order valence-corrected chi connectivity index (χ1v) is 11.2. The van der Waals surface area contributed by atoms with Crippen LogP contribution in [0.4, 0.5) is 8.78 Å². The van der Waals surface area contributed by atoms with Crippen LogP contribution >= 0.6 is 0 Å². The molecule has 2 aromatic carbocycles. The molecular formula is C25H26F2N2O5. The van der Waals surface area contributed by atoms with Crippen molar-refractivity contribution in [2.24, 2.45) is 0 Å². The molecule has 2 aromatic rings. The SMILES string of the molecule is N#Cc1ccccc1CO[C@]1(C(=O)NC2CC2)CC(OCc2ccc(F)cc2F)[C@H](O)[C@H](O)C1. The number of nitrogens with one attached hydrogen (secondary N) is 1. The molecule has 2 fully saturated rings. The standard InChI is InChI=1S/C25H26F2N2O5/c26-18-6-5-17(20(27)9-18)13-33-22-11-25(10-21(30)23(22)31,24(32)29-19-7-8-19)34-14-16-4-2-1-3-15(16)12-28/h1-6,9,19,21-23,30-31H,7-8,10-11,13-14H2,(H,29,32)/t21-,22?,23-,25+/m1/s1. The summed E-state index contributed by atoms with van der Waals surface area (Å²) in [7, 11) is 0. The van der Waals surface area contributed by atoms with Gasteiger partial charge in [0.2, 0.25) is 0 Å². The maximum atomic E-state index is 14.0. The number of benzene rings is 2. The number of nitrogens with zero attached hydrogens (tertiary/aromatic N) is 1. The van der Waals surface area contributed by atoms with Crippen molar-refractivity contribution in [2.45, 2.75) is 68.9 Å². The Kier molecular flexibility index (Phi) is 7.24. The van der Waals surface area contributed by atoms with Crippen LogP contribution in [0.3, 0.4) is 0 Å². The highest BCUT2D eigenvalue weighted by Gasteiger charge is 2.52. The van der Waals surface area contributed by atoms with Gasteiger partial charge in [-0.05, 0) is 30.5 Å². The van der Waals surface area contributed by atoms with Gasteiger partial charge in [0, 0.05) is 30.5 Å². The molecule has 4 atom stereocenters. The topological polar surface area (TPSA) is 112 Å². The van der Waals surface area contributed by atoms with E-state index < -0.39 is 41.5 Å². The number of halogens is 2. The minimum absolute atomic E-state index is 0.0241. The van der Waals surface area contributed by atoms with Crippen LogP contribution in [0.2, 0.25) is 0 Å². The third-order valence-corrected chi connectivity index (χ3v) is 6.28. The molecule has 1 amide bonds. The zero-order valence-electron chi connectivity index (χ0n) is 18.4. The first-order valence-electron chi connectivity index (χ1n) is 11.2. The van der Waals surface area contributed by atoms with Crippen molar-refractivity contribution >= 4 is 5.91 Å². The summed E-state index contributed by atoms with van der Waals surface area (Å²) >= 11 is 0. The molecule has 34 heavy (non-hydrogen) atoms. The van der Waals surface area contributed by atoms with Crippen molar-refractivity contribution in [3.63, 3.8) is 0 Å². The Morgan fingerprint density at radius 2 is 1.88 bits per heavy atom. The molecular weight excluding hydrogens is 446 g/mol. The summed E-state index contributed by atoms with van der Waals surface area (Å²) in [5.74, 6) is -1.96. The highest BCUT2D eigenvalue weighted by atomic mass is 19.1. The van der Waals surface area contributed by atoms with E-state index in [2.05, 4.69) is 11.4 Å². The third-order valence-electron chi connectivity index (χ3n) is 6.28. The van der Waals surface area contributed by atoms with Gasteiger partial charge in [-0.2, -0.15) is 5.26 Å². The zero-order valence-corrected chi connectivity index (χ0v) is 18.4. The Hall–Kier alpha value is -2.90. The molecule has 9 heteroatoms. The largest absolute Gasteiger partial charge is 0.390 e. The predicted octanol–water partition coefficient (Wildman–Crippen LogP) is 2.47. The van der Waals surface area contributed by atoms with E-state index in [1.54, 1.807) is 24.3 Å². The summed E-state index contributed by atoms with van der Waals surface area (Å²) in [6.45, 7) is -0.359. The average molecular weight is 472 g/mol. The van der Waals surface area contributed by atoms with Gasteiger partial charge in [-0.3, -0.25) is 4.79 Å². The van der Waals surface area contributed by atoms with Gasteiger partial charge in [-0.15, -0.1) is 0 Å². The number of nitriles is 1. The minimum atomic E-state index is -1.53. The van der Waals surface area contributed by atoms with Gasteiger partial charge in [-0.1, -0.05) is 24.3 Å². The number of amides is 1. The summed E-state index contributed by atoms with van der Waals surface area (Å²) in [5.41, 5.74) is -0.479. The maximum absolute atomic E-state index is 14.0. The van der Waals surface area contributed by atoms with Crippen LogP contribution in [0.1, 0.15) is 42.4 Å². The molecule has 1 unspecified atom stereocenters. The number of hydrogen-bond donors (Lipinski definition) is 3. The van der Waals surface area contributed by atoms with Gasteiger partial charge in [0.1, 0.15) is 17.7 Å². The minimum Gasteiger partial charge on any atom is -0.390 e. The van der Waals surface area contributed by atoms with Crippen LogP contribution in [0.25, 0.3) is 0 Å². The fourth-order valence-corrected chi connectivity index (χ4v) is 4.11. The summed E-state index contributed by atoms with van der Waals surface area (Å²) in [6, 6.07) is 12.0. The molecule has 0 aromatic heterocycles. The monoisotopic (exact) mass is 472 g/mol. The Morgan fingerprint density at radius 1 is 1.12 bits per heavy atom. The molecule has 0 saturated heterocycles. The number of aliphatic hydroxyl groups is 2. The smallest absolute Gasteiger partial charge is 0.252 e. The molecule has 3 N–H and O–H groups in total. The molecule has 2 saturated carbocycles. The van der Waals surface area contributed by atoms with Crippen molar-refractivity contribution < 1.29 is 33.3 Å². The highest BCUT2D eigenvalue weighted by molar-refractivity contribution is 5.86. The lowest BCUT2D eigenvalue weighted by molar-refractivity contribution is -0.200. The van der Waals surface area contributed by atoms with Crippen molar-refractivity contribution in [1.29, 1.82) is 5.26 Å². The van der Waals surface area contributed by atoms with Gasteiger partial charge < -0.3 is 25.0 Å². The summed E-state index contributed by atoms with van der Waals surface area (Å²) in [5, 5.41) is 33.4. The number of carbonyl (C=O) groups is 1.